The lowest BCUT2D eigenvalue weighted by molar-refractivity contribution is 0.346. The summed E-state index contributed by atoms with van der Waals surface area (Å²) in [6.45, 7) is 7.46. The molecule has 1 aromatic heterocycles. The number of benzene rings is 1. The van der Waals surface area contributed by atoms with Gasteiger partial charge in [-0.2, -0.15) is 5.10 Å². The van der Waals surface area contributed by atoms with E-state index in [0.717, 1.165) is 21.5 Å². The number of aromatic nitrogens is 2. The Kier molecular flexibility index (Phi) is 5.01. The molecule has 0 aliphatic carbocycles. The summed E-state index contributed by atoms with van der Waals surface area (Å²) in [5.74, 6) is 0.907. The molecule has 0 N–H and O–H groups in total. The van der Waals surface area contributed by atoms with Crippen molar-refractivity contribution in [1.82, 2.24) is 9.78 Å². The van der Waals surface area contributed by atoms with Crippen LogP contribution in [0, 0.1) is 6.92 Å². The number of hydrogen-bond donors (Lipinski definition) is 0. The van der Waals surface area contributed by atoms with Gasteiger partial charge in [0.05, 0.1) is 6.54 Å². The summed E-state index contributed by atoms with van der Waals surface area (Å²) in [5, 5.41) is 4.33. The summed E-state index contributed by atoms with van der Waals surface area (Å²) in [4.78, 5) is 0. The van der Waals surface area contributed by atoms with E-state index in [4.69, 9.17) is 4.74 Å². The van der Waals surface area contributed by atoms with Crippen molar-refractivity contribution in [3.05, 3.63) is 57.8 Å². The molecule has 0 unspecified atom stereocenters. The van der Waals surface area contributed by atoms with Crippen LogP contribution < -0.4 is 4.74 Å². The van der Waals surface area contributed by atoms with Crippen molar-refractivity contribution in [3.63, 3.8) is 0 Å². The van der Waals surface area contributed by atoms with Crippen LogP contribution in [-0.4, -0.2) is 16.4 Å². The number of ether oxygens (including phenoxy) is 1. The molecule has 0 saturated heterocycles. The van der Waals surface area contributed by atoms with Crippen molar-refractivity contribution in [3.8, 4) is 5.75 Å². The Morgan fingerprint density at radius 1 is 1.40 bits per heavy atom. The Bertz CT molecular complexity index is 617. The summed E-state index contributed by atoms with van der Waals surface area (Å²) in [6.07, 6.45) is 3.88. The highest BCUT2D eigenvalue weighted by Crippen LogP contribution is 2.24. The largest absolute Gasteiger partial charge is 0.489 e. The lowest BCUT2D eigenvalue weighted by Crippen LogP contribution is -2.07. The zero-order valence-corrected chi connectivity index (χ0v) is 13.6. The molecule has 1 heterocycles. The molecule has 0 radical (unpaired) electrons. The molecule has 0 atom stereocenters. The Labute approximate surface area is 128 Å². The smallest absolute Gasteiger partial charge is 0.124 e. The molecule has 20 heavy (non-hydrogen) atoms. The van der Waals surface area contributed by atoms with Gasteiger partial charge in [-0.15, -0.1) is 0 Å². The Balaban J connectivity index is 2.22. The monoisotopic (exact) mass is 334 g/mol. The van der Waals surface area contributed by atoms with Gasteiger partial charge in [-0.1, -0.05) is 22.0 Å². The molecule has 0 amide bonds. The van der Waals surface area contributed by atoms with Crippen molar-refractivity contribution in [1.29, 1.82) is 0 Å². The highest BCUT2D eigenvalue weighted by molar-refractivity contribution is 9.10. The third-order valence-corrected chi connectivity index (χ3v) is 3.71. The molecule has 0 bridgehead atoms. The van der Waals surface area contributed by atoms with Gasteiger partial charge in [-0.25, -0.2) is 0 Å². The lowest BCUT2D eigenvalue weighted by Gasteiger charge is -2.13. The summed E-state index contributed by atoms with van der Waals surface area (Å²) >= 11 is 3.52. The van der Waals surface area contributed by atoms with Crippen molar-refractivity contribution < 1.29 is 4.74 Å². The number of halogens is 1. The first-order chi connectivity index (χ1) is 9.60. The Morgan fingerprint density at radius 2 is 2.20 bits per heavy atom. The number of rotatable bonds is 5. The van der Waals surface area contributed by atoms with Crippen LogP contribution in [0.25, 0.3) is 0 Å². The minimum atomic E-state index is 0.614. The van der Waals surface area contributed by atoms with E-state index in [2.05, 4.69) is 47.0 Å². The normalized spacial score (nSPS) is 11.7. The SMILES string of the molecule is C/C=C(\C)COc1ccc(Br)cc1Cn1nccc1C. The van der Waals surface area contributed by atoms with Crippen LogP contribution in [0.4, 0.5) is 0 Å². The Hall–Kier alpha value is -1.55. The topological polar surface area (TPSA) is 27.1 Å². The summed E-state index contributed by atoms with van der Waals surface area (Å²) in [7, 11) is 0. The number of nitrogens with zero attached hydrogens (tertiary/aromatic N) is 2. The second kappa shape index (κ2) is 6.75. The van der Waals surface area contributed by atoms with Gasteiger partial charge in [-0.05, 0) is 50.6 Å². The fourth-order valence-electron chi connectivity index (χ4n) is 1.81. The maximum absolute atomic E-state index is 5.90. The average Bonchev–Trinajstić information content (AvgIpc) is 2.83. The first-order valence-electron chi connectivity index (χ1n) is 6.61. The maximum atomic E-state index is 5.90. The first kappa shape index (κ1) is 14.9. The molecular weight excluding hydrogens is 316 g/mol. The van der Waals surface area contributed by atoms with Gasteiger partial charge in [0, 0.05) is 21.9 Å². The number of allylic oxidation sites excluding steroid dienone is 1. The van der Waals surface area contributed by atoms with Gasteiger partial charge in [0.2, 0.25) is 0 Å². The second-order valence-corrected chi connectivity index (χ2v) is 5.72. The maximum Gasteiger partial charge on any atom is 0.124 e. The highest BCUT2D eigenvalue weighted by atomic mass is 79.9. The van der Waals surface area contributed by atoms with Crippen LogP contribution in [0.5, 0.6) is 5.75 Å². The quantitative estimate of drug-likeness (QED) is 0.760. The molecule has 2 aromatic rings. The van der Waals surface area contributed by atoms with E-state index >= 15 is 0 Å². The standard InChI is InChI=1S/C16H19BrN2O/c1-4-12(2)11-20-16-6-5-15(17)9-14(16)10-19-13(3)7-8-18-19/h4-9H,10-11H2,1-3H3/b12-4+. The summed E-state index contributed by atoms with van der Waals surface area (Å²) in [6, 6.07) is 8.09. The average molecular weight is 335 g/mol. The molecule has 4 heteroatoms. The van der Waals surface area contributed by atoms with E-state index in [1.54, 1.807) is 0 Å². The third-order valence-electron chi connectivity index (χ3n) is 3.22. The van der Waals surface area contributed by atoms with Crippen LogP contribution in [-0.2, 0) is 6.54 Å². The molecular formula is C16H19BrN2O. The molecule has 106 valence electrons. The van der Waals surface area contributed by atoms with Gasteiger partial charge in [-0.3, -0.25) is 4.68 Å². The molecule has 2 rings (SSSR count). The molecule has 0 saturated carbocycles. The molecule has 0 fully saturated rings. The van der Waals surface area contributed by atoms with Gasteiger partial charge in [0.15, 0.2) is 0 Å². The third kappa shape index (κ3) is 3.73. The molecule has 3 nitrogen and oxygen atoms in total. The van der Waals surface area contributed by atoms with E-state index in [-0.39, 0.29) is 0 Å². The zero-order valence-electron chi connectivity index (χ0n) is 12.1. The van der Waals surface area contributed by atoms with Crippen LogP contribution in [0.3, 0.4) is 0 Å². The van der Waals surface area contributed by atoms with Gasteiger partial charge >= 0.3 is 0 Å². The molecule has 0 aliphatic rings. The molecule has 0 spiro atoms. The fourth-order valence-corrected chi connectivity index (χ4v) is 2.22. The van der Waals surface area contributed by atoms with Gasteiger partial charge in [0.1, 0.15) is 12.4 Å². The van der Waals surface area contributed by atoms with Crippen molar-refractivity contribution >= 4 is 15.9 Å². The number of hydrogen-bond acceptors (Lipinski definition) is 2. The van der Waals surface area contributed by atoms with E-state index in [9.17, 15) is 0 Å². The molecule has 0 aliphatic heterocycles. The van der Waals surface area contributed by atoms with Crippen molar-refractivity contribution in [2.24, 2.45) is 0 Å². The van der Waals surface area contributed by atoms with Gasteiger partial charge in [0.25, 0.3) is 0 Å². The summed E-state index contributed by atoms with van der Waals surface area (Å²) in [5.41, 5.74) is 3.48. The number of aryl methyl sites for hydroxylation is 1. The van der Waals surface area contributed by atoms with E-state index in [0.29, 0.717) is 13.2 Å². The predicted molar refractivity (Wildman–Crippen MR) is 85.1 cm³/mol. The minimum absolute atomic E-state index is 0.614. The highest BCUT2D eigenvalue weighted by Gasteiger charge is 2.07. The second-order valence-electron chi connectivity index (χ2n) is 4.81. The van der Waals surface area contributed by atoms with Crippen LogP contribution >= 0.6 is 15.9 Å². The van der Waals surface area contributed by atoms with E-state index in [1.165, 1.54) is 5.57 Å². The van der Waals surface area contributed by atoms with Crippen LogP contribution in [0.1, 0.15) is 25.1 Å². The van der Waals surface area contributed by atoms with E-state index < -0.39 is 0 Å². The van der Waals surface area contributed by atoms with Crippen LogP contribution in [0.15, 0.2) is 46.6 Å². The fraction of sp³-hybridized carbons (Fsp3) is 0.312. The predicted octanol–water partition coefficient (Wildman–Crippen LogP) is 4.35. The van der Waals surface area contributed by atoms with Crippen molar-refractivity contribution in [2.45, 2.75) is 27.3 Å². The molecule has 1 aromatic carbocycles. The Morgan fingerprint density at radius 3 is 2.85 bits per heavy atom. The first-order valence-corrected chi connectivity index (χ1v) is 7.41. The minimum Gasteiger partial charge on any atom is -0.489 e. The zero-order chi connectivity index (χ0) is 14.5. The van der Waals surface area contributed by atoms with E-state index in [1.807, 2.05) is 36.0 Å². The van der Waals surface area contributed by atoms with Crippen molar-refractivity contribution in [2.75, 3.05) is 6.61 Å². The lowest BCUT2D eigenvalue weighted by atomic mass is 10.2. The summed E-state index contributed by atoms with van der Waals surface area (Å²) < 4.78 is 8.92. The van der Waals surface area contributed by atoms with Gasteiger partial charge < -0.3 is 4.74 Å². The van der Waals surface area contributed by atoms with Crippen LogP contribution in [0.2, 0.25) is 0 Å².